The van der Waals surface area contributed by atoms with Crippen molar-refractivity contribution >= 4 is 29.9 Å². The molecule has 1 aromatic carbocycles. The molecule has 23 heavy (non-hydrogen) atoms. The summed E-state index contributed by atoms with van der Waals surface area (Å²) in [5.41, 5.74) is 1.48. The maximum atomic E-state index is 12.5. The zero-order valence-electron chi connectivity index (χ0n) is 13.0. The highest BCUT2D eigenvalue weighted by Gasteiger charge is 2.38. The highest BCUT2D eigenvalue weighted by molar-refractivity contribution is 5.97. The summed E-state index contributed by atoms with van der Waals surface area (Å²) in [7, 11) is 0. The molecule has 124 valence electrons. The molecule has 0 aromatic heterocycles. The van der Waals surface area contributed by atoms with Gasteiger partial charge in [-0.15, -0.1) is 12.4 Å². The first-order valence-corrected chi connectivity index (χ1v) is 8.11. The van der Waals surface area contributed by atoms with Crippen LogP contribution in [-0.4, -0.2) is 42.9 Å². The van der Waals surface area contributed by atoms with Crippen LogP contribution in [0.5, 0.6) is 0 Å². The molecule has 2 heterocycles. The first-order valence-electron chi connectivity index (χ1n) is 8.11. The summed E-state index contributed by atoms with van der Waals surface area (Å²) >= 11 is 0. The van der Waals surface area contributed by atoms with Gasteiger partial charge in [0, 0.05) is 43.3 Å². The first-order chi connectivity index (χ1) is 10.7. The van der Waals surface area contributed by atoms with Crippen LogP contribution in [0.3, 0.4) is 0 Å². The van der Waals surface area contributed by atoms with Crippen LogP contribution in [0.2, 0.25) is 0 Å². The van der Waals surface area contributed by atoms with Crippen LogP contribution in [0.25, 0.3) is 0 Å². The third-order valence-corrected chi connectivity index (χ3v) is 5.02. The summed E-state index contributed by atoms with van der Waals surface area (Å²) in [5, 5.41) is 6.28. The fourth-order valence-electron chi connectivity index (χ4n) is 3.49. The standard InChI is InChI=1S/C17H21N3O2.ClH/c21-16(11-1-2-11)19-15-5-3-12(4-6-15)17(22)20-9-13-7-18-8-14(13)10-20;/h3-6,11,13-14,18H,1-2,7-10H2,(H,19,21);1H/t13-,14+;. The number of carbonyl (C=O) groups excluding carboxylic acids is 2. The summed E-state index contributed by atoms with van der Waals surface area (Å²) < 4.78 is 0. The molecule has 2 N–H and O–H groups in total. The number of hydrogen-bond acceptors (Lipinski definition) is 3. The summed E-state index contributed by atoms with van der Waals surface area (Å²) in [5.74, 6) is 1.62. The van der Waals surface area contributed by atoms with E-state index in [1.165, 1.54) is 0 Å². The number of carbonyl (C=O) groups is 2. The van der Waals surface area contributed by atoms with Gasteiger partial charge in [0.25, 0.3) is 5.91 Å². The zero-order chi connectivity index (χ0) is 15.1. The second-order valence-corrected chi connectivity index (χ2v) is 6.73. The van der Waals surface area contributed by atoms with Crippen LogP contribution >= 0.6 is 12.4 Å². The molecule has 3 fully saturated rings. The number of rotatable bonds is 3. The van der Waals surface area contributed by atoms with E-state index in [9.17, 15) is 9.59 Å². The number of nitrogens with one attached hydrogen (secondary N) is 2. The maximum absolute atomic E-state index is 12.5. The molecule has 0 spiro atoms. The number of nitrogens with zero attached hydrogens (tertiary/aromatic N) is 1. The molecule has 2 atom stereocenters. The van der Waals surface area contributed by atoms with Crippen molar-refractivity contribution in [3.05, 3.63) is 29.8 Å². The van der Waals surface area contributed by atoms with E-state index in [0.29, 0.717) is 17.4 Å². The van der Waals surface area contributed by atoms with E-state index < -0.39 is 0 Å². The molecule has 1 aliphatic carbocycles. The molecule has 0 unspecified atom stereocenters. The van der Waals surface area contributed by atoms with Gasteiger partial charge in [-0.25, -0.2) is 0 Å². The summed E-state index contributed by atoms with van der Waals surface area (Å²) in [4.78, 5) is 26.2. The highest BCUT2D eigenvalue weighted by atomic mass is 35.5. The van der Waals surface area contributed by atoms with Gasteiger partial charge in [-0.2, -0.15) is 0 Å². The minimum atomic E-state index is 0. The minimum absolute atomic E-state index is 0. The normalized spacial score (nSPS) is 25.7. The molecule has 2 amide bonds. The molecule has 3 aliphatic rings. The molecule has 1 saturated carbocycles. The zero-order valence-corrected chi connectivity index (χ0v) is 13.8. The van der Waals surface area contributed by atoms with Gasteiger partial charge in [0.2, 0.25) is 5.91 Å². The summed E-state index contributed by atoms with van der Waals surface area (Å²) in [6.45, 7) is 3.77. The molecule has 4 rings (SSSR count). The largest absolute Gasteiger partial charge is 0.338 e. The van der Waals surface area contributed by atoms with Crippen LogP contribution in [0.15, 0.2) is 24.3 Å². The molecular formula is C17H22ClN3O2. The van der Waals surface area contributed by atoms with Gasteiger partial charge < -0.3 is 15.5 Å². The topological polar surface area (TPSA) is 61.4 Å². The fourth-order valence-corrected chi connectivity index (χ4v) is 3.49. The van der Waals surface area contributed by atoms with Gasteiger partial charge in [-0.3, -0.25) is 9.59 Å². The average molecular weight is 336 g/mol. The van der Waals surface area contributed by atoms with Crippen molar-refractivity contribution in [2.45, 2.75) is 12.8 Å². The Morgan fingerprint density at radius 1 is 1.04 bits per heavy atom. The molecule has 0 bridgehead atoms. The lowest BCUT2D eigenvalue weighted by molar-refractivity contribution is -0.117. The van der Waals surface area contributed by atoms with E-state index in [2.05, 4.69) is 10.6 Å². The van der Waals surface area contributed by atoms with Gasteiger partial charge in [-0.05, 0) is 48.9 Å². The molecule has 6 heteroatoms. The van der Waals surface area contributed by atoms with Crippen LogP contribution < -0.4 is 10.6 Å². The van der Waals surface area contributed by atoms with E-state index in [1.54, 1.807) is 0 Å². The Labute approximate surface area is 142 Å². The number of hydrogen-bond donors (Lipinski definition) is 2. The second kappa shape index (κ2) is 6.49. The van der Waals surface area contributed by atoms with Crippen LogP contribution in [0, 0.1) is 17.8 Å². The second-order valence-electron chi connectivity index (χ2n) is 6.73. The lowest BCUT2D eigenvalue weighted by Crippen LogP contribution is -2.31. The third-order valence-electron chi connectivity index (χ3n) is 5.02. The predicted octanol–water partition coefficient (Wildman–Crippen LogP) is 1.75. The van der Waals surface area contributed by atoms with Crippen molar-refractivity contribution < 1.29 is 9.59 Å². The van der Waals surface area contributed by atoms with Crippen molar-refractivity contribution in [2.24, 2.45) is 17.8 Å². The van der Waals surface area contributed by atoms with Gasteiger partial charge in [-0.1, -0.05) is 0 Å². The molecule has 2 aliphatic heterocycles. The van der Waals surface area contributed by atoms with Crippen LogP contribution in [0.1, 0.15) is 23.2 Å². The number of likely N-dealkylation sites (tertiary alicyclic amines) is 1. The Balaban J connectivity index is 0.00000156. The molecule has 1 aromatic rings. The fraction of sp³-hybridized carbons (Fsp3) is 0.529. The number of anilines is 1. The first kappa shape index (κ1) is 16.3. The van der Waals surface area contributed by atoms with Crippen molar-refractivity contribution in [2.75, 3.05) is 31.5 Å². The number of amides is 2. The molecule has 5 nitrogen and oxygen atoms in total. The Morgan fingerprint density at radius 3 is 2.22 bits per heavy atom. The minimum Gasteiger partial charge on any atom is -0.338 e. The van der Waals surface area contributed by atoms with E-state index in [0.717, 1.165) is 44.7 Å². The number of halogens is 1. The van der Waals surface area contributed by atoms with Crippen LogP contribution in [0.4, 0.5) is 5.69 Å². The van der Waals surface area contributed by atoms with Gasteiger partial charge in [0.1, 0.15) is 0 Å². The molecular weight excluding hydrogens is 314 g/mol. The van der Waals surface area contributed by atoms with E-state index in [1.807, 2.05) is 29.2 Å². The lowest BCUT2D eigenvalue weighted by atomic mass is 10.0. The quantitative estimate of drug-likeness (QED) is 0.884. The van der Waals surface area contributed by atoms with Crippen LogP contribution in [-0.2, 0) is 4.79 Å². The smallest absolute Gasteiger partial charge is 0.253 e. The van der Waals surface area contributed by atoms with Gasteiger partial charge in [0.15, 0.2) is 0 Å². The average Bonchev–Trinajstić information content (AvgIpc) is 3.16. The monoisotopic (exact) mass is 335 g/mol. The number of benzene rings is 1. The van der Waals surface area contributed by atoms with Gasteiger partial charge >= 0.3 is 0 Å². The Morgan fingerprint density at radius 2 is 1.65 bits per heavy atom. The van der Waals surface area contributed by atoms with E-state index in [4.69, 9.17) is 0 Å². The third kappa shape index (κ3) is 3.35. The Hall–Kier alpha value is -1.59. The van der Waals surface area contributed by atoms with E-state index in [-0.39, 0.29) is 30.1 Å². The number of fused-ring (bicyclic) bond motifs is 1. The summed E-state index contributed by atoms with van der Waals surface area (Å²) in [6.07, 6.45) is 1.99. The van der Waals surface area contributed by atoms with Crippen molar-refractivity contribution in [3.63, 3.8) is 0 Å². The van der Waals surface area contributed by atoms with Gasteiger partial charge in [0.05, 0.1) is 0 Å². The van der Waals surface area contributed by atoms with E-state index >= 15 is 0 Å². The van der Waals surface area contributed by atoms with Crippen molar-refractivity contribution in [1.82, 2.24) is 10.2 Å². The maximum Gasteiger partial charge on any atom is 0.253 e. The Bertz CT molecular complexity index is 588. The van der Waals surface area contributed by atoms with Crippen molar-refractivity contribution in [1.29, 1.82) is 0 Å². The molecule has 0 radical (unpaired) electrons. The predicted molar refractivity (Wildman–Crippen MR) is 90.8 cm³/mol. The SMILES string of the molecule is Cl.O=C(Nc1ccc(C(=O)N2C[C@H]3CNC[C@H]3C2)cc1)C1CC1. The lowest BCUT2D eigenvalue weighted by Gasteiger charge is -2.17. The molecule has 2 saturated heterocycles. The summed E-state index contributed by atoms with van der Waals surface area (Å²) in [6, 6.07) is 7.28. The Kier molecular flexibility index (Phi) is 4.60. The van der Waals surface area contributed by atoms with Crippen molar-refractivity contribution in [3.8, 4) is 0 Å². The highest BCUT2D eigenvalue weighted by Crippen LogP contribution is 2.30.